The molecule has 3 N–H and O–H groups in total. The van der Waals surface area contributed by atoms with Gasteiger partial charge in [-0.1, -0.05) is 42.5 Å². The molecule has 2 heterocycles. The molecule has 0 unspecified atom stereocenters. The molecule has 2 aromatic carbocycles. The number of carboxylic acid groups (broad SMARTS) is 1. The van der Waals surface area contributed by atoms with Crippen LogP contribution >= 0.6 is 0 Å². The van der Waals surface area contributed by atoms with Crippen molar-refractivity contribution in [1.82, 2.24) is 4.72 Å². The molecule has 2 aromatic rings. The lowest BCUT2D eigenvalue weighted by molar-refractivity contribution is -0.145. The second-order valence-corrected chi connectivity index (χ2v) is 9.25. The number of fused-ring (bicyclic) bond motifs is 2. The summed E-state index contributed by atoms with van der Waals surface area (Å²) in [7, 11) is -3.69. The van der Waals surface area contributed by atoms with E-state index in [4.69, 9.17) is 4.74 Å². The maximum Gasteiger partial charge on any atom is 0.310 e. The predicted octanol–water partition coefficient (Wildman–Crippen LogP) is 1.80. The van der Waals surface area contributed by atoms with Crippen LogP contribution in [0.4, 0.5) is 5.69 Å². The largest absolute Gasteiger partial charge is 0.481 e. The summed E-state index contributed by atoms with van der Waals surface area (Å²) in [4.78, 5) is 24.3. The van der Waals surface area contributed by atoms with E-state index < -0.39 is 45.9 Å². The Hall–Kier alpha value is -3.01. The zero-order chi connectivity index (χ0) is 22.0. The minimum atomic E-state index is -3.69. The Kier molecular flexibility index (Phi) is 5.90. The van der Waals surface area contributed by atoms with Gasteiger partial charge in [-0.15, -0.1) is 0 Å². The average Bonchev–Trinajstić information content (AvgIpc) is 3.36. The van der Waals surface area contributed by atoms with Crippen molar-refractivity contribution >= 4 is 27.6 Å². The molecule has 0 aromatic heterocycles. The molecule has 31 heavy (non-hydrogen) atoms. The van der Waals surface area contributed by atoms with Gasteiger partial charge >= 0.3 is 5.97 Å². The number of carbonyl (C=O) groups is 2. The van der Waals surface area contributed by atoms with Gasteiger partial charge in [-0.05, 0) is 36.2 Å². The number of anilines is 1. The Morgan fingerprint density at radius 3 is 2.23 bits per heavy atom. The van der Waals surface area contributed by atoms with Crippen LogP contribution in [0.3, 0.4) is 0 Å². The van der Waals surface area contributed by atoms with E-state index in [1.54, 1.807) is 12.2 Å². The average molecular weight is 442 g/mol. The normalized spacial score (nSPS) is 24.3. The molecule has 4 atom stereocenters. The van der Waals surface area contributed by atoms with Crippen LogP contribution in [0.2, 0.25) is 0 Å². The first-order chi connectivity index (χ1) is 14.8. The summed E-state index contributed by atoms with van der Waals surface area (Å²) < 4.78 is 33.0. The van der Waals surface area contributed by atoms with Gasteiger partial charge in [-0.3, -0.25) is 9.59 Å². The van der Waals surface area contributed by atoms with E-state index in [9.17, 15) is 23.1 Å². The molecule has 2 bridgehead atoms. The van der Waals surface area contributed by atoms with Crippen molar-refractivity contribution in [2.45, 2.75) is 23.5 Å². The smallest absolute Gasteiger partial charge is 0.310 e. The van der Waals surface area contributed by atoms with Crippen LogP contribution in [0, 0.1) is 11.8 Å². The van der Waals surface area contributed by atoms with Gasteiger partial charge in [-0.25, -0.2) is 13.1 Å². The fraction of sp³-hybridized carbons (Fsp3) is 0.273. The molecular formula is C22H22N2O6S. The van der Waals surface area contributed by atoms with Crippen molar-refractivity contribution in [2.24, 2.45) is 11.8 Å². The maximum atomic E-state index is 12.7. The Bertz CT molecular complexity index is 1100. The number of carbonyl (C=O) groups excluding carboxylic acids is 1. The first-order valence-corrected chi connectivity index (χ1v) is 11.3. The summed E-state index contributed by atoms with van der Waals surface area (Å²) in [5, 5.41) is 12.1. The van der Waals surface area contributed by atoms with Crippen LogP contribution in [-0.4, -0.2) is 44.2 Å². The van der Waals surface area contributed by atoms with E-state index in [0.717, 1.165) is 5.56 Å². The van der Waals surface area contributed by atoms with Gasteiger partial charge in [0.25, 0.3) is 0 Å². The van der Waals surface area contributed by atoms with E-state index in [0.29, 0.717) is 12.1 Å². The number of sulfonamides is 1. The lowest BCUT2D eigenvalue weighted by atomic mass is 9.82. The topological polar surface area (TPSA) is 122 Å². The van der Waals surface area contributed by atoms with Gasteiger partial charge < -0.3 is 15.2 Å². The summed E-state index contributed by atoms with van der Waals surface area (Å²) in [5.74, 6) is -3.33. The Balaban J connectivity index is 1.37. The maximum absolute atomic E-state index is 12.7. The monoisotopic (exact) mass is 442 g/mol. The zero-order valence-electron chi connectivity index (χ0n) is 16.5. The molecule has 1 amide bonds. The standard InChI is InChI=1S/C22H22N2O6S/c25-21(19-17-10-11-18(30-17)20(19)22(26)27)24-15-6-8-16(9-7-15)31(28,29)23-13-12-14-4-2-1-3-5-14/h1-11,17-20,23H,12-13H2,(H,24,25)(H,26,27)/t17-,18-,19+,20+/m1/s1. The second kappa shape index (κ2) is 8.62. The van der Waals surface area contributed by atoms with Gasteiger partial charge in [0.1, 0.15) is 5.92 Å². The summed E-state index contributed by atoms with van der Waals surface area (Å²) in [6, 6.07) is 15.3. The second-order valence-electron chi connectivity index (χ2n) is 7.49. The number of nitrogens with one attached hydrogen (secondary N) is 2. The Labute approximate surface area is 180 Å². The molecule has 2 aliphatic rings. The Morgan fingerprint density at radius 1 is 0.935 bits per heavy atom. The molecule has 9 heteroatoms. The Morgan fingerprint density at radius 2 is 1.58 bits per heavy atom. The van der Waals surface area contributed by atoms with E-state index >= 15 is 0 Å². The highest BCUT2D eigenvalue weighted by molar-refractivity contribution is 7.89. The fourth-order valence-electron chi connectivity index (χ4n) is 3.92. The van der Waals surface area contributed by atoms with E-state index in [-0.39, 0.29) is 11.4 Å². The molecule has 4 rings (SSSR count). The summed E-state index contributed by atoms with van der Waals surface area (Å²) in [6.07, 6.45) is 2.76. The number of hydrogen-bond donors (Lipinski definition) is 3. The first-order valence-electron chi connectivity index (χ1n) is 9.86. The number of hydrogen-bond acceptors (Lipinski definition) is 5. The van der Waals surface area contributed by atoms with Crippen molar-refractivity contribution in [3.8, 4) is 0 Å². The van der Waals surface area contributed by atoms with Crippen LogP contribution in [0.1, 0.15) is 5.56 Å². The lowest BCUT2D eigenvalue weighted by Gasteiger charge is -2.21. The van der Waals surface area contributed by atoms with E-state index in [1.165, 1.54) is 24.3 Å². The van der Waals surface area contributed by atoms with Crippen molar-refractivity contribution in [1.29, 1.82) is 0 Å². The van der Waals surface area contributed by atoms with Crippen molar-refractivity contribution in [2.75, 3.05) is 11.9 Å². The minimum Gasteiger partial charge on any atom is -0.481 e. The summed E-state index contributed by atoms with van der Waals surface area (Å²) in [6.45, 7) is 0.263. The van der Waals surface area contributed by atoms with Crippen molar-refractivity contribution < 1.29 is 27.9 Å². The van der Waals surface area contributed by atoms with Gasteiger partial charge in [0.15, 0.2) is 0 Å². The lowest BCUT2D eigenvalue weighted by Crippen LogP contribution is -2.39. The molecular weight excluding hydrogens is 420 g/mol. The molecule has 8 nitrogen and oxygen atoms in total. The zero-order valence-corrected chi connectivity index (χ0v) is 17.3. The summed E-state index contributed by atoms with van der Waals surface area (Å²) >= 11 is 0. The van der Waals surface area contributed by atoms with Crippen molar-refractivity contribution in [3.63, 3.8) is 0 Å². The molecule has 162 valence electrons. The molecule has 2 aliphatic heterocycles. The number of carboxylic acids is 1. The number of aliphatic carboxylic acids is 1. The van der Waals surface area contributed by atoms with Gasteiger partial charge in [0.05, 0.1) is 23.0 Å². The predicted molar refractivity (Wildman–Crippen MR) is 113 cm³/mol. The fourth-order valence-corrected chi connectivity index (χ4v) is 4.95. The molecule has 1 fully saturated rings. The minimum absolute atomic E-state index is 0.0770. The van der Waals surface area contributed by atoms with Crippen LogP contribution in [-0.2, 0) is 30.8 Å². The third-order valence-corrected chi connectivity index (χ3v) is 6.95. The van der Waals surface area contributed by atoms with Crippen LogP contribution in [0.15, 0.2) is 71.6 Å². The number of benzene rings is 2. The summed E-state index contributed by atoms with van der Waals surface area (Å²) in [5.41, 5.74) is 1.41. The quantitative estimate of drug-likeness (QED) is 0.536. The molecule has 1 saturated heterocycles. The van der Waals surface area contributed by atoms with Gasteiger partial charge in [-0.2, -0.15) is 0 Å². The third-order valence-electron chi connectivity index (χ3n) is 5.47. The number of amides is 1. The molecule has 0 radical (unpaired) electrons. The number of ether oxygens (including phenoxy) is 1. The highest BCUT2D eigenvalue weighted by Crippen LogP contribution is 2.39. The van der Waals surface area contributed by atoms with Crippen LogP contribution in [0.25, 0.3) is 0 Å². The van der Waals surface area contributed by atoms with Crippen molar-refractivity contribution in [3.05, 3.63) is 72.3 Å². The van der Waals surface area contributed by atoms with Gasteiger partial charge in [0.2, 0.25) is 15.9 Å². The molecule has 0 aliphatic carbocycles. The highest BCUT2D eigenvalue weighted by atomic mass is 32.2. The van der Waals surface area contributed by atoms with E-state index in [2.05, 4.69) is 10.0 Å². The molecule has 0 saturated carbocycles. The third kappa shape index (κ3) is 4.53. The first kappa shape index (κ1) is 21.2. The molecule has 0 spiro atoms. The highest BCUT2D eigenvalue weighted by Gasteiger charge is 2.53. The van der Waals surface area contributed by atoms with Gasteiger partial charge in [0, 0.05) is 12.2 Å². The van der Waals surface area contributed by atoms with Crippen LogP contribution in [0.5, 0.6) is 0 Å². The number of rotatable bonds is 8. The van der Waals surface area contributed by atoms with Crippen LogP contribution < -0.4 is 10.0 Å². The van der Waals surface area contributed by atoms with E-state index in [1.807, 2.05) is 30.3 Å². The SMILES string of the molecule is O=C(O)[C@@H]1[C@@H](C(=O)Nc2ccc(S(=O)(=O)NCCc3ccccc3)cc2)[C@H]2C=C[C@H]1O2.